The van der Waals surface area contributed by atoms with Gasteiger partial charge in [-0.15, -0.1) is 0 Å². The largest absolute Gasteiger partial charge is 0.378 e. The van der Waals surface area contributed by atoms with Crippen LogP contribution in [0.1, 0.15) is 25.7 Å². The van der Waals surface area contributed by atoms with Gasteiger partial charge in [0.2, 0.25) is 5.91 Å². The summed E-state index contributed by atoms with van der Waals surface area (Å²) in [5.41, 5.74) is 0. The topological polar surface area (TPSA) is 44.8 Å². The molecule has 2 fully saturated rings. The molecule has 2 aliphatic rings. The Balaban J connectivity index is 1.63. The fraction of sp³-hybridized carbons (Fsp3) is 0.929. The van der Waals surface area contributed by atoms with E-state index in [9.17, 15) is 4.79 Å². The highest BCUT2D eigenvalue weighted by Gasteiger charge is 2.20. The van der Waals surface area contributed by atoms with Crippen molar-refractivity contribution in [2.75, 3.05) is 52.9 Å². The van der Waals surface area contributed by atoms with Crippen LogP contribution in [0.4, 0.5) is 0 Å². The zero-order chi connectivity index (χ0) is 13.5. The van der Waals surface area contributed by atoms with Crippen LogP contribution in [0, 0.1) is 0 Å². The first kappa shape index (κ1) is 14.8. The summed E-state index contributed by atoms with van der Waals surface area (Å²) in [5.74, 6) is 0.224. The van der Waals surface area contributed by atoms with E-state index >= 15 is 0 Å². The number of carbonyl (C=O) groups excluding carboxylic acids is 1. The predicted molar refractivity (Wildman–Crippen MR) is 75.2 cm³/mol. The molecular weight excluding hydrogens is 242 g/mol. The number of piperazine rings is 1. The number of nitrogens with one attached hydrogen (secondary N) is 1. The van der Waals surface area contributed by atoms with E-state index in [4.69, 9.17) is 4.74 Å². The third-order valence-electron chi connectivity index (χ3n) is 4.06. The van der Waals surface area contributed by atoms with Gasteiger partial charge in [-0.1, -0.05) is 0 Å². The van der Waals surface area contributed by atoms with Crippen molar-refractivity contribution in [1.82, 2.24) is 15.1 Å². The molecule has 5 heteroatoms. The van der Waals surface area contributed by atoms with Crippen molar-refractivity contribution in [3.8, 4) is 0 Å². The van der Waals surface area contributed by atoms with Crippen LogP contribution in [0.3, 0.4) is 0 Å². The van der Waals surface area contributed by atoms with E-state index in [1.165, 1.54) is 6.42 Å². The Morgan fingerprint density at radius 3 is 2.84 bits per heavy atom. The number of likely N-dealkylation sites (N-methyl/N-ethyl adjacent to an activating group) is 1. The Labute approximate surface area is 116 Å². The molecule has 1 N–H and O–H groups in total. The van der Waals surface area contributed by atoms with Gasteiger partial charge in [-0.05, 0) is 19.3 Å². The van der Waals surface area contributed by atoms with Gasteiger partial charge in [0.05, 0.1) is 12.5 Å². The summed E-state index contributed by atoms with van der Waals surface area (Å²) >= 11 is 0. The Bertz CT molecular complexity index is 274. The molecular formula is C14H27N3O2. The molecule has 1 unspecified atom stereocenters. The summed E-state index contributed by atoms with van der Waals surface area (Å²) in [6.07, 6.45) is 4.09. The van der Waals surface area contributed by atoms with E-state index in [0.29, 0.717) is 6.42 Å². The van der Waals surface area contributed by atoms with Crippen LogP contribution in [0.25, 0.3) is 0 Å². The van der Waals surface area contributed by atoms with Crippen LogP contribution >= 0.6 is 0 Å². The fourth-order valence-corrected chi connectivity index (χ4v) is 2.67. The lowest BCUT2D eigenvalue weighted by Crippen LogP contribution is -2.46. The molecule has 2 aliphatic heterocycles. The minimum absolute atomic E-state index is 0.155. The third-order valence-corrected chi connectivity index (χ3v) is 4.06. The highest BCUT2D eigenvalue weighted by molar-refractivity contribution is 5.76. The summed E-state index contributed by atoms with van der Waals surface area (Å²) in [6.45, 7) is 6.94. The molecule has 0 spiro atoms. The second-order valence-corrected chi connectivity index (χ2v) is 5.60. The second kappa shape index (κ2) is 7.82. The highest BCUT2D eigenvalue weighted by atomic mass is 16.5. The van der Waals surface area contributed by atoms with Gasteiger partial charge in [0.25, 0.3) is 0 Å². The zero-order valence-corrected chi connectivity index (χ0v) is 12.1. The van der Waals surface area contributed by atoms with Gasteiger partial charge in [-0.2, -0.15) is 0 Å². The lowest BCUT2D eigenvalue weighted by atomic mass is 10.1. The predicted octanol–water partition coefficient (Wildman–Crippen LogP) is 0.309. The Morgan fingerprint density at radius 2 is 2.16 bits per heavy atom. The molecule has 0 aromatic heterocycles. The normalized spacial score (nSPS) is 25.2. The van der Waals surface area contributed by atoms with Gasteiger partial charge < -0.3 is 15.0 Å². The highest BCUT2D eigenvalue weighted by Crippen LogP contribution is 2.16. The molecule has 2 saturated heterocycles. The van der Waals surface area contributed by atoms with Crippen LogP contribution in [-0.4, -0.2) is 74.7 Å². The van der Waals surface area contributed by atoms with Crippen molar-refractivity contribution in [3.05, 3.63) is 0 Å². The van der Waals surface area contributed by atoms with Crippen LogP contribution in [0.2, 0.25) is 0 Å². The lowest BCUT2D eigenvalue weighted by molar-refractivity contribution is -0.134. The number of ether oxygens (including phenoxy) is 1. The molecule has 1 amide bonds. The summed E-state index contributed by atoms with van der Waals surface area (Å²) in [7, 11) is 1.91. The van der Waals surface area contributed by atoms with E-state index in [-0.39, 0.29) is 12.0 Å². The van der Waals surface area contributed by atoms with Crippen molar-refractivity contribution in [2.24, 2.45) is 0 Å². The number of hydrogen-bond donors (Lipinski definition) is 1. The van der Waals surface area contributed by atoms with E-state index in [1.807, 2.05) is 11.9 Å². The first-order chi connectivity index (χ1) is 9.25. The van der Waals surface area contributed by atoms with Gasteiger partial charge in [0.15, 0.2) is 0 Å². The monoisotopic (exact) mass is 269 g/mol. The number of nitrogens with zero attached hydrogens (tertiary/aromatic N) is 2. The minimum Gasteiger partial charge on any atom is -0.378 e. The zero-order valence-electron chi connectivity index (χ0n) is 12.1. The quantitative estimate of drug-likeness (QED) is 0.780. The number of amides is 1. The Morgan fingerprint density at radius 1 is 1.37 bits per heavy atom. The average Bonchev–Trinajstić information content (AvgIpc) is 2.47. The molecule has 19 heavy (non-hydrogen) atoms. The first-order valence-electron chi connectivity index (χ1n) is 7.54. The SMILES string of the molecule is CN(CCN1CCNCC1)C(=O)CC1CCCCO1. The molecule has 0 saturated carbocycles. The molecule has 2 heterocycles. The molecule has 110 valence electrons. The average molecular weight is 269 g/mol. The standard InChI is InChI=1S/C14H27N3O2/c1-16(9-10-17-7-5-15-6-8-17)14(18)12-13-4-2-3-11-19-13/h13,15H,2-12H2,1H3. The molecule has 5 nitrogen and oxygen atoms in total. The maximum Gasteiger partial charge on any atom is 0.224 e. The van der Waals surface area contributed by atoms with E-state index in [2.05, 4.69) is 10.2 Å². The van der Waals surface area contributed by atoms with Gasteiger partial charge >= 0.3 is 0 Å². The number of carbonyl (C=O) groups is 1. The fourth-order valence-electron chi connectivity index (χ4n) is 2.67. The van der Waals surface area contributed by atoms with Gasteiger partial charge in [-0.3, -0.25) is 9.69 Å². The van der Waals surface area contributed by atoms with E-state index in [0.717, 1.165) is 58.7 Å². The summed E-state index contributed by atoms with van der Waals surface area (Å²) < 4.78 is 5.63. The van der Waals surface area contributed by atoms with Crippen molar-refractivity contribution in [2.45, 2.75) is 31.8 Å². The van der Waals surface area contributed by atoms with Crippen molar-refractivity contribution < 1.29 is 9.53 Å². The molecule has 2 rings (SSSR count). The molecule has 0 bridgehead atoms. The maximum atomic E-state index is 12.1. The molecule has 0 aliphatic carbocycles. The van der Waals surface area contributed by atoms with E-state index in [1.54, 1.807) is 0 Å². The molecule has 0 radical (unpaired) electrons. The smallest absolute Gasteiger partial charge is 0.224 e. The minimum atomic E-state index is 0.155. The lowest BCUT2D eigenvalue weighted by Gasteiger charge is -2.30. The summed E-state index contributed by atoms with van der Waals surface area (Å²) in [5, 5.41) is 3.34. The molecule has 0 aromatic rings. The van der Waals surface area contributed by atoms with Crippen molar-refractivity contribution >= 4 is 5.91 Å². The first-order valence-corrected chi connectivity index (χ1v) is 7.54. The number of hydrogen-bond acceptors (Lipinski definition) is 4. The van der Waals surface area contributed by atoms with Crippen LogP contribution < -0.4 is 5.32 Å². The van der Waals surface area contributed by atoms with Crippen molar-refractivity contribution in [3.63, 3.8) is 0 Å². The van der Waals surface area contributed by atoms with Crippen molar-refractivity contribution in [1.29, 1.82) is 0 Å². The van der Waals surface area contributed by atoms with Gasteiger partial charge in [0, 0.05) is 52.9 Å². The van der Waals surface area contributed by atoms with Crippen LogP contribution in [0.15, 0.2) is 0 Å². The van der Waals surface area contributed by atoms with E-state index < -0.39 is 0 Å². The maximum absolute atomic E-state index is 12.1. The molecule has 0 aromatic carbocycles. The third kappa shape index (κ3) is 5.09. The summed E-state index contributed by atoms with van der Waals surface area (Å²) in [6, 6.07) is 0. The second-order valence-electron chi connectivity index (χ2n) is 5.60. The number of rotatable bonds is 5. The van der Waals surface area contributed by atoms with Crippen LogP contribution in [-0.2, 0) is 9.53 Å². The summed E-state index contributed by atoms with van der Waals surface area (Å²) in [4.78, 5) is 16.4. The van der Waals surface area contributed by atoms with Crippen LogP contribution in [0.5, 0.6) is 0 Å². The molecule has 1 atom stereocenters. The Kier molecular flexibility index (Phi) is 6.07. The van der Waals surface area contributed by atoms with Gasteiger partial charge in [-0.25, -0.2) is 0 Å². The van der Waals surface area contributed by atoms with Gasteiger partial charge in [0.1, 0.15) is 0 Å². The Hall–Kier alpha value is -0.650.